The highest BCUT2D eigenvalue weighted by Gasteiger charge is 2.30. The molecule has 0 aromatic heterocycles. The van der Waals surface area contributed by atoms with Crippen LogP contribution in [0.3, 0.4) is 0 Å². The van der Waals surface area contributed by atoms with Gasteiger partial charge in [-0.3, -0.25) is 4.79 Å². The highest BCUT2D eigenvalue weighted by molar-refractivity contribution is 5.93. The molecule has 0 radical (unpaired) electrons. The summed E-state index contributed by atoms with van der Waals surface area (Å²) in [6.07, 6.45) is -1.79. The highest BCUT2D eigenvalue weighted by atomic mass is 19.4. The molecule has 1 N–H and O–H groups in total. The van der Waals surface area contributed by atoms with Crippen molar-refractivity contribution in [1.82, 2.24) is 5.32 Å². The van der Waals surface area contributed by atoms with E-state index in [0.29, 0.717) is 5.56 Å². The number of carbonyl (C=O) groups excluding carboxylic acids is 1. The Balaban J connectivity index is 1.73. The summed E-state index contributed by atoms with van der Waals surface area (Å²) >= 11 is 0. The lowest BCUT2D eigenvalue weighted by atomic mass is 10.00. The Labute approximate surface area is 155 Å². The molecule has 1 atom stereocenters. The van der Waals surface area contributed by atoms with Crippen molar-refractivity contribution in [3.05, 3.63) is 89.5 Å². The summed E-state index contributed by atoms with van der Waals surface area (Å²) in [6, 6.07) is 18.4. The zero-order valence-corrected chi connectivity index (χ0v) is 14.6. The Morgan fingerprint density at radius 1 is 1.00 bits per heavy atom. The lowest BCUT2D eigenvalue weighted by molar-refractivity contribution is -0.137. The molecular weight excluding hydrogens is 351 g/mol. The number of hydrogen-bond donors (Lipinski definition) is 1. The summed E-state index contributed by atoms with van der Waals surface area (Å²) in [5.41, 5.74) is 0.556. The molecule has 0 heterocycles. The molecule has 1 amide bonds. The van der Waals surface area contributed by atoms with Crippen LogP contribution in [-0.4, -0.2) is 5.91 Å². The van der Waals surface area contributed by atoms with Crippen LogP contribution >= 0.6 is 0 Å². The minimum atomic E-state index is -4.41. The van der Waals surface area contributed by atoms with Gasteiger partial charge in [-0.1, -0.05) is 54.6 Å². The Morgan fingerprint density at radius 2 is 1.70 bits per heavy atom. The quantitative estimate of drug-likeness (QED) is 0.583. The maximum atomic E-state index is 12.8. The molecular formula is C22H18F3NO. The molecule has 0 bridgehead atoms. The molecule has 5 heteroatoms. The van der Waals surface area contributed by atoms with Gasteiger partial charge in [0.15, 0.2) is 0 Å². The van der Waals surface area contributed by atoms with Gasteiger partial charge in [0.1, 0.15) is 0 Å². The van der Waals surface area contributed by atoms with Crippen LogP contribution in [0.1, 0.15) is 29.7 Å². The van der Waals surface area contributed by atoms with Gasteiger partial charge in [-0.05, 0) is 47.0 Å². The Morgan fingerprint density at radius 3 is 2.48 bits per heavy atom. The molecule has 0 aliphatic heterocycles. The zero-order valence-electron chi connectivity index (χ0n) is 14.6. The molecule has 0 aliphatic carbocycles. The standard InChI is InChI=1S/C22H18F3NO/c1-15(19-11-5-8-17-7-2-3-10-20(17)19)26-21(27)13-12-16-6-4-9-18(14-16)22(23,24)25/h2-15H,1H3,(H,26,27)/t15-/m1/s1. The van der Waals surface area contributed by atoms with Crippen molar-refractivity contribution in [2.24, 2.45) is 0 Å². The Hall–Kier alpha value is -3.08. The number of nitrogens with one attached hydrogen (secondary N) is 1. The van der Waals surface area contributed by atoms with Crippen molar-refractivity contribution in [3.8, 4) is 0 Å². The van der Waals surface area contributed by atoms with Gasteiger partial charge in [0.25, 0.3) is 0 Å². The second-order valence-electron chi connectivity index (χ2n) is 6.26. The minimum absolute atomic E-state index is 0.241. The molecule has 3 aromatic carbocycles. The SMILES string of the molecule is C[C@@H](NC(=O)C=Cc1cccc(C(F)(F)F)c1)c1cccc2ccccc12. The second-order valence-corrected chi connectivity index (χ2v) is 6.26. The van der Waals surface area contributed by atoms with Crippen LogP contribution in [0, 0.1) is 0 Å². The second kappa shape index (κ2) is 7.66. The van der Waals surface area contributed by atoms with E-state index in [1.165, 1.54) is 24.3 Å². The lowest BCUT2D eigenvalue weighted by Crippen LogP contribution is -2.24. The van der Waals surface area contributed by atoms with Crippen LogP contribution < -0.4 is 5.32 Å². The summed E-state index contributed by atoms with van der Waals surface area (Å²) in [6.45, 7) is 1.87. The number of halogens is 3. The fourth-order valence-corrected chi connectivity index (χ4v) is 2.96. The van der Waals surface area contributed by atoms with Crippen LogP contribution in [-0.2, 0) is 11.0 Å². The first-order valence-corrected chi connectivity index (χ1v) is 8.48. The van der Waals surface area contributed by atoms with E-state index in [2.05, 4.69) is 5.32 Å². The van der Waals surface area contributed by atoms with Gasteiger partial charge in [0.05, 0.1) is 11.6 Å². The van der Waals surface area contributed by atoms with E-state index in [1.807, 2.05) is 49.4 Å². The Kier molecular flexibility index (Phi) is 5.31. The third-order valence-electron chi connectivity index (χ3n) is 4.29. The van der Waals surface area contributed by atoms with Crippen molar-refractivity contribution in [3.63, 3.8) is 0 Å². The lowest BCUT2D eigenvalue weighted by Gasteiger charge is -2.15. The van der Waals surface area contributed by atoms with Crippen molar-refractivity contribution in [1.29, 1.82) is 0 Å². The molecule has 0 unspecified atom stereocenters. The van der Waals surface area contributed by atoms with E-state index in [-0.39, 0.29) is 11.9 Å². The number of fused-ring (bicyclic) bond motifs is 1. The molecule has 3 aromatic rings. The highest BCUT2D eigenvalue weighted by Crippen LogP contribution is 2.29. The fraction of sp³-hybridized carbons (Fsp3) is 0.136. The molecule has 27 heavy (non-hydrogen) atoms. The Bertz CT molecular complexity index is 987. The largest absolute Gasteiger partial charge is 0.416 e. The molecule has 138 valence electrons. The number of amides is 1. The number of alkyl halides is 3. The first-order valence-electron chi connectivity index (χ1n) is 8.48. The topological polar surface area (TPSA) is 29.1 Å². The van der Waals surface area contributed by atoms with Gasteiger partial charge in [0.2, 0.25) is 5.91 Å². The molecule has 0 fully saturated rings. The third kappa shape index (κ3) is 4.56. The fourth-order valence-electron chi connectivity index (χ4n) is 2.96. The number of benzene rings is 3. The predicted molar refractivity (Wildman–Crippen MR) is 101 cm³/mol. The van der Waals surface area contributed by atoms with Gasteiger partial charge in [0, 0.05) is 6.08 Å². The van der Waals surface area contributed by atoms with Crippen molar-refractivity contribution in [2.45, 2.75) is 19.1 Å². The smallest absolute Gasteiger partial charge is 0.346 e. The van der Waals surface area contributed by atoms with Crippen molar-refractivity contribution >= 4 is 22.8 Å². The molecule has 0 saturated carbocycles. The first kappa shape index (κ1) is 18.7. The zero-order chi connectivity index (χ0) is 19.4. The summed E-state index contributed by atoms with van der Waals surface area (Å²) in [7, 11) is 0. The summed E-state index contributed by atoms with van der Waals surface area (Å²) in [5.74, 6) is -0.368. The maximum Gasteiger partial charge on any atom is 0.416 e. The molecule has 0 saturated heterocycles. The van der Waals surface area contributed by atoms with Crippen LogP contribution in [0.15, 0.2) is 72.8 Å². The van der Waals surface area contributed by atoms with Gasteiger partial charge in [-0.2, -0.15) is 13.2 Å². The van der Waals surface area contributed by atoms with E-state index in [9.17, 15) is 18.0 Å². The van der Waals surface area contributed by atoms with Gasteiger partial charge >= 0.3 is 6.18 Å². The summed E-state index contributed by atoms with van der Waals surface area (Å²) < 4.78 is 38.3. The normalized spacial score (nSPS) is 13.0. The van der Waals surface area contributed by atoms with Gasteiger partial charge in [-0.25, -0.2) is 0 Å². The molecule has 3 rings (SSSR count). The van der Waals surface area contributed by atoms with Gasteiger partial charge < -0.3 is 5.32 Å². The minimum Gasteiger partial charge on any atom is -0.346 e. The van der Waals surface area contributed by atoms with Crippen LogP contribution in [0.4, 0.5) is 13.2 Å². The summed E-state index contributed by atoms with van der Waals surface area (Å²) in [5, 5.41) is 4.99. The first-order chi connectivity index (χ1) is 12.8. The van der Waals surface area contributed by atoms with Crippen LogP contribution in [0.5, 0.6) is 0 Å². The molecule has 2 nitrogen and oxygen atoms in total. The van der Waals surface area contributed by atoms with Crippen LogP contribution in [0.25, 0.3) is 16.8 Å². The number of carbonyl (C=O) groups is 1. The number of rotatable bonds is 4. The van der Waals surface area contributed by atoms with E-state index in [1.54, 1.807) is 0 Å². The van der Waals surface area contributed by atoms with E-state index in [0.717, 1.165) is 28.5 Å². The average Bonchev–Trinajstić information content (AvgIpc) is 2.65. The van der Waals surface area contributed by atoms with Crippen molar-refractivity contribution < 1.29 is 18.0 Å². The third-order valence-corrected chi connectivity index (χ3v) is 4.29. The summed E-state index contributed by atoms with van der Waals surface area (Å²) in [4.78, 5) is 12.2. The number of hydrogen-bond acceptors (Lipinski definition) is 1. The van der Waals surface area contributed by atoms with E-state index < -0.39 is 11.7 Å². The van der Waals surface area contributed by atoms with Gasteiger partial charge in [-0.15, -0.1) is 0 Å². The van der Waals surface area contributed by atoms with E-state index in [4.69, 9.17) is 0 Å². The van der Waals surface area contributed by atoms with Crippen LogP contribution in [0.2, 0.25) is 0 Å². The molecule has 0 spiro atoms. The predicted octanol–water partition coefficient (Wildman–Crippen LogP) is 5.75. The maximum absolute atomic E-state index is 12.8. The average molecular weight is 369 g/mol. The van der Waals surface area contributed by atoms with E-state index >= 15 is 0 Å². The monoisotopic (exact) mass is 369 g/mol. The molecule has 0 aliphatic rings. The van der Waals surface area contributed by atoms with Crippen molar-refractivity contribution in [2.75, 3.05) is 0 Å².